The molecule has 2 N–H and O–H groups in total. The van der Waals surface area contributed by atoms with Crippen LogP contribution in [0, 0.1) is 6.92 Å². The number of fused-ring (bicyclic) bond motifs is 1. The standard InChI is InChI=1S/C15H19N5/c1-4-6-12-13-14(19(3)18-12)20(15(16)17-13)11-8-5-7-10(2)9-11/h5,7-9H,4,6H2,1-3H3,(H2,16,17). The predicted molar refractivity (Wildman–Crippen MR) is 81.0 cm³/mol. The van der Waals surface area contributed by atoms with Crippen LogP contribution in [-0.4, -0.2) is 19.3 Å². The van der Waals surface area contributed by atoms with E-state index in [0.717, 1.165) is 35.4 Å². The van der Waals surface area contributed by atoms with Gasteiger partial charge in [-0.3, -0.25) is 4.57 Å². The minimum atomic E-state index is 0.510. The lowest BCUT2D eigenvalue weighted by atomic mass is 10.2. The largest absolute Gasteiger partial charge is 0.369 e. The second-order valence-electron chi connectivity index (χ2n) is 5.14. The molecule has 5 nitrogen and oxygen atoms in total. The molecule has 2 aromatic heterocycles. The van der Waals surface area contributed by atoms with Crippen LogP contribution in [0.5, 0.6) is 0 Å². The van der Waals surface area contributed by atoms with Crippen LogP contribution < -0.4 is 5.73 Å². The molecule has 0 bridgehead atoms. The fourth-order valence-electron chi connectivity index (χ4n) is 2.62. The highest BCUT2D eigenvalue weighted by Gasteiger charge is 2.18. The summed E-state index contributed by atoms with van der Waals surface area (Å²) in [6, 6.07) is 8.24. The van der Waals surface area contributed by atoms with E-state index in [4.69, 9.17) is 5.73 Å². The highest BCUT2D eigenvalue weighted by Crippen LogP contribution is 2.26. The van der Waals surface area contributed by atoms with Crippen molar-refractivity contribution in [3.63, 3.8) is 0 Å². The molecule has 0 saturated heterocycles. The molecule has 3 aromatic rings. The van der Waals surface area contributed by atoms with Gasteiger partial charge in [0.15, 0.2) is 5.65 Å². The zero-order chi connectivity index (χ0) is 14.3. The molecule has 0 atom stereocenters. The zero-order valence-electron chi connectivity index (χ0n) is 12.1. The molecule has 0 amide bonds. The first-order valence-corrected chi connectivity index (χ1v) is 6.88. The lowest BCUT2D eigenvalue weighted by Crippen LogP contribution is -2.05. The van der Waals surface area contributed by atoms with Gasteiger partial charge in [0, 0.05) is 7.05 Å². The number of aryl methyl sites for hydroxylation is 3. The van der Waals surface area contributed by atoms with E-state index < -0.39 is 0 Å². The van der Waals surface area contributed by atoms with E-state index in [9.17, 15) is 0 Å². The smallest absolute Gasteiger partial charge is 0.207 e. The van der Waals surface area contributed by atoms with Crippen molar-refractivity contribution in [3.8, 4) is 5.69 Å². The van der Waals surface area contributed by atoms with Gasteiger partial charge in [-0.15, -0.1) is 0 Å². The third-order valence-electron chi connectivity index (χ3n) is 3.48. The van der Waals surface area contributed by atoms with E-state index in [1.54, 1.807) is 0 Å². The molecule has 3 rings (SSSR count). The number of nitrogens with two attached hydrogens (primary N) is 1. The van der Waals surface area contributed by atoms with Crippen molar-refractivity contribution in [3.05, 3.63) is 35.5 Å². The van der Waals surface area contributed by atoms with E-state index in [0.29, 0.717) is 5.95 Å². The number of rotatable bonds is 3. The summed E-state index contributed by atoms with van der Waals surface area (Å²) in [4.78, 5) is 4.52. The third-order valence-corrected chi connectivity index (χ3v) is 3.48. The number of hydrogen-bond acceptors (Lipinski definition) is 3. The summed E-state index contributed by atoms with van der Waals surface area (Å²) >= 11 is 0. The monoisotopic (exact) mass is 269 g/mol. The average molecular weight is 269 g/mol. The van der Waals surface area contributed by atoms with Crippen LogP contribution in [0.25, 0.3) is 16.9 Å². The second-order valence-corrected chi connectivity index (χ2v) is 5.14. The number of nitrogen functional groups attached to an aromatic ring is 1. The van der Waals surface area contributed by atoms with Gasteiger partial charge in [0.05, 0.1) is 11.4 Å². The highest BCUT2D eigenvalue weighted by atomic mass is 15.3. The first-order chi connectivity index (χ1) is 9.61. The van der Waals surface area contributed by atoms with Gasteiger partial charge in [-0.25, -0.2) is 9.67 Å². The highest BCUT2D eigenvalue weighted by molar-refractivity contribution is 5.80. The Morgan fingerprint density at radius 2 is 2.10 bits per heavy atom. The zero-order valence-corrected chi connectivity index (χ0v) is 12.1. The van der Waals surface area contributed by atoms with Crippen LogP contribution in [0.15, 0.2) is 24.3 Å². The normalized spacial score (nSPS) is 11.3. The molecule has 20 heavy (non-hydrogen) atoms. The number of hydrogen-bond donors (Lipinski definition) is 1. The number of aromatic nitrogens is 4. The maximum absolute atomic E-state index is 6.12. The number of anilines is 1. The quantitative estimate of drug-likeness (QED) is 0.795. The van der Waals surface area contributed by atoms with Crippen molar-refractivity contribution < 1.29 is 0 Å². The van der Waals surface area contributed by atoms with Crippen molar-refractivity contribution in [1.29, 1.82) is 0 Å². The molecule has 0 saturated carbocycles. The van der Waals surface area contributed by atoms with Gasteiger partial charge in [0.1, 0.15) is 5.52 Å². The summed E-state index contributed by atoms with van der Waals surface area (Å²) in [5.74, 6) is 0.510. The fourth-order valence-corrected chi connectivity index (χ4v) is 2.62. The Balaban J connectivity index is 2.28. The first kappa shape index (κ1) is 12.7. The fraction of sp³-hybridized carbons (Fsp3) is 0.333. The molecular formula is C15H19N5. The molecular weight excluding hydrogens is 250 g/mol. The van der Waals surface area contributed by atoms with E-state index in [1.807, 2.05) is 28.4 Å². The van der Waals surface area contributed by atoms with Crippen molar-refractivity contribution in [2.75, 3.05) is 5.73 Å². The Morgan fingerprint density at radius 3 is 2.80 bits per heavy atom. The van der Waals surface area contributed by atoms with Gasteiger partial charge in [0.2, 0.25) is 5.95 Å². The Morgan fingerprint density at radius 1 is 1.30 bits per heavy atom. The lowest BCUT2D eigenvalue weighted by Gasteiger charge is -2.07. The maximum Gasteiger partial charge on any atom is 0.207 e. The molecule has 0 fully saturated rings. The topological polar surface area (TPSA) is 61.7 Å². The second kappa shape index (κ2) is 4.67. The van der Waals surface area contributed by atoms with E-state index in [2.05, 4.69) is 36.1 Å². The van der Waals surface area contributed by atoms with Crippen molar-refractivity contribution >= 4 is 17.1 Å². The van der Waals surface area contributed by atoms with Crippen LogP contribution in [0.3, 0.4) is 0 Å². The Bertz CT molecular complexity index is 766. The van der Waals surface area contributed by atoms with Gasteiger partial charge >= 0.3 is 0 Å². The van der Waals surface area contributed by atoms with Crippen LogP contribution in [0.4, 0.5) is 5.95 Å². The van der Waals surface area contributed by atoms with Gasteiger partial charge in [-0.05, 0) is 31.0 Å². The summed E-state index contributed by atoms with van der Waals surface area (Å²) in [7, 11) is 1.94. The third kappa shape index (κ3) is 1.86. The summed E-state index contributed by atoms with van der Waals surface area (Å²) in [6.45, 7) is 4.21. The van der Waals surface area contributed by atoms with Gasteiger partial charge in [0.25, 0.3) is 0 Å². The van der Waals surface area contributed by atoms with Crippen molar-refractivity contribution in [2.45, 2.75) is 26.7 Å². The molecule has 0 aliphatic rings. The molecule has 1 aromatic carbocycles. The Hall–Kier alpha value is -2.30. The summed E-state index contributed by atoms with van der Waals surface area (Å²) in [5.41, 5.74) is 11.2. The van der Waals surface area contributed by atoms with Gasteiger partial charge in [-0.2, -0.15) is 5.10 Å². The molecule has 0 aliphatic carbocycles. The maximum atomic E-state index is 6.12. The minimum Gasteiger partial charge on any atom is -0.369 e. The van der Waals surface area contributed by atoms with Crippen molar-refractivity contribution in [1.82, 2.24) is 19.3 Å². The van der Waals surface area contributed by atoms with Gasteiger partial charge in [-0.1, -0.05) is 25.5 Å². The average Bonchev–Trinajstić information content (AvgIpc) is 2.88. The summed E-state index contributed by atoms with van der Waals surface area (Å²) in [5, 5.41) is 4.57. The van der Waals surface area contributed by atoms with Crippen LogP contribution in [0.1, 0.15) is 24.6 Å². The van der Waals surface area contributed by atoms with Crippen LogP contribution >= 0.6 is 0 Å². The van der Waals surface area contributed by atoms with E-state index >= 15 is 0 Å². The summed E-state index contributed by atoms with van der Waals surface area (Å²) in [6.07, 6.45) is 1.96. The molecule has 104 valence electrons. The van der Waals surface area contributed by atoms with Crippen LogP contribution in [0.2, 0.25) is 0 Å². The Labute approximate surface area is 118 Å². The molecule has 2 heterocycles. The number of nitrogens with zero attached hydrogens (tertiary/aromatic N) is 4. The van der Waals surface area contributed by atoms with Crippen molar-refractivity contribution in [2.24, 2.45) is 7.05 Å². The molecule has 0 radical (unpaired) electrons. The van der Waals surface area contributed by atoms with E-state index in [1.165, 1.54) is 5.56 Å². The van der Waals surface area contributed by atoms with E-state index in [-0.39, 0.29) is 0 Å². The number of imidazole rings is 1. The molecule has 5 heteroatoms. The Kier molecular flexibility index (Phi) is 2.97. The molecule has 0 unspecified atom stereocenters. The minimum absolute atomic E-state index is 0.510. The summed E-state index contributed by atoms with van der Waals surface area (Å²) < 4.78 is 3.83. The molecule has 0 aliphatic heterocycles. The number of benzene rings is 1. The van der Waals surface area contributed by atoms with Crippen LogP contribution in [-0.2, 0) is 13.5 Å². The lowest BCUT2D eigenvalue weighted by molar-refractivity contribution is 0.737. The SMILES string of the molecule is CCCc1nn(C)c2c1nc(N)n2-c1cccc(C)c1. The van der Waals surface area contributed by atoms with Gasteiger partial charge < -0.3 is 5.73 Å². The predicted octanol–water partition coefficient (Wildman–Crippen LogP) is 2.60. The first-order valence-electron chi connectivity index (χ1n) is 6.88. The molecule has 0 spiro atoms.